The second kappa shape index (κ2) is 8.13. The normalized spacial score (nSPS) is 36.2. The minimum absolute atomic E-state index is 0. The van der Waals surface area contributed by atoms with E-state index in [-0.39, 0.29) is 37.2 Å². The molecule has 3 fully saturated rings. The van der Waals surface area contributed by atoms with Gasteiger partial charge in [-0.1, -0.05) is 0 Å². The Hall–Kier alpha value is 0.750. The van der Waals surface area contributed by atoms with Crippen LogP contribution in [0.2, 0.25) is 0 Å². The number of piperazine rings is 1. The molecule has 3 unspecified atom stereocenters. The van der Waals surface area contributed by atoms with Crippen LogP contribution in [-0.4, -0.2) is 62.2 Å². The third kappa shape index (κ3) is 3.65. The number of rotatable bonds is 1. The molecule has 2 heterocycles. The van der Waals surface area contributed by atoms with Gasteiger partial charge < -0.3 is 10.2 Å². The summed E-state index contributed by atoms with van der Waals surface area (Å²) in [5.74, 6) is 1.96. The number of nitrogens with zero attached hydrogens (tertiary/aromatic N) is 2. The van der Waals surface area contributed by atoms with E-state index in [2.05, 4.69) is 22.2 Å². The average Bonchev–Trinajstić information content (AvgIpc) is 2.80. The van der Waals surface area contributed by atoms with Gasteiger partial charge in [0.1, 0.15) is 0 Å². The first-order valence-electron chi connectivity index (χ1n) is 6.48. The minimum Gasteiger partial charge on any atom is -0.316 e. The van der Waals surface area contributed by atoms with Crippen molar-refractivity contribution in [1.29, 1.82) is 0 Å². The third-order valence-corrected chi connectivity index (χ3v) is 4.73. The van der Waals surface area contributed by atoms with E-state index in [1.165, 1.54) is 52.1 Å². The van der Waals surface area contributed by atoms with E-state index < -0.39 is 0 Å². The van der Waals surface area contributed by atoms with Crippen LogP contribution in [0, 0.1) is 11.8 Å². The second-order valence-electron chi connectivity index (χ2n) is 5.57. The summed E-state index contributed by atoms with van der Waals surface area (Å²) in [5, 5.41) is 3.57. The van der Waals surface area contributed by atoms with Gasteiger partial charge in [-0.25, -0.2) is 0 Å². The van der Waals surface area contributed by atoms with E-state index in [0.29, 0.717) is 0 Å². The largest absolute Gasteiger partial charge is 0.316 e. The number of hydrogen-bond acceptors (Lipinski definition) is 3. The molecule has 3 nitrogen and oxygen atoms in total. The van der Waals surface area contributed by atoms with Crippen LogP contribution in [0.3, 0.4) is 0 Å². The van der Waals surface area contributed by atoms with Gasteiger partial charge in [-0.05, 0) is 44.8 Å². The van der Waals surface area contributed by atoms with Gasteiger partial charge in [-0.2, -0.15) is 0 Å². The van der Waals surface area contributed by atoms with Gasteiger partial charge in [0.15, 0.2) is 0 Å². The number of nitrogens with one attached hydrogen (secondary N) is 1. The lowest BCUT2D eigenvalue weighted by molar-refractivity contribution is 0.0920. The molecule has 3 atom stereocenters. The van der Waals surface area contributed by atoms with Crippen molar-refractivity contribution in [2.75, 3.05) is 46.3 Å². The molecule has 1 saturated carbocycles. The summed E-state index contributed by atoms with van der Waals surface area (Å²) in [7, 11) is 2.24. The molecular formula is C12H26Cl3N3. The molecule has 18 heavy (non-hydrogen) atoms. The minimum atomic E-state index is 0. The highest BCUT2D eigenvalue weighted by molar-refractivity contribution is 5.86. The highest BCUT2D eigenvalue weighted by Crippen LogP contribution is 2.37. The first-order chi connectivity index (χ1) is 7.34. The van der Waals surface area contributed by atoms with Crippen LogP contribution < -0.4 is 5.32 Å². The SMILES string of the molecule is CN1CCN(C2CCC3CNCC32)CC1.Cl.Cl.Cl. The summed E-state index contributed by atoms with van der Waals surface area (Å²) >= 11 is 0. The molecule has 0 aromatic heterocycles. The van der Waals surface area contributed by atoms with Crippen molar-refractivity contribution >= 4 is 37.2 Å². The first kappa shape index (κ1) is 18.8. The fourth-order valence-corrected chi connectivity index (χ4v) is 3.73. The number of halogens is 3. The van der Waals surface area contributed by atoms with Gasteiger partial charge in [-0.3, -0.25) is 4.90 Å². The molecule has 110 valence electrons. The molecule has 0 bridgehead atoms. The van der Waals surface area contributed by atoms with E-state index in [1.54, 1.807) is 0 Å². The van der Waals surface area contributed by atoms with Crippen molar-refractivity contribution in [2.24, 2.45) is 11.8 Å². The molecule has 0 spiro atoms. The molecule has 0 radical (unpaired) electrons. The van der Waals surface area contributed by atoms with E-state index in [4.69, 9.17) is 0 Å². The molecular weight excluding hydrogens is 293 g/mol. The summed E-state index contributed by atoms with van der Waals surface area (Å²) in [6.07, 6.45) is 2.93. The van der Waals surface area contributed by atoms with Crippen LogP contribution in [0.1, 0.15) is 12.8 Å². The van der Waals surface area contributed by atoms with Gasteiger partial charge >= 0.3 is 0 Å². The Balaban J connectivity index is 0.000000963. The second-order valence-corrected chi connectivity index (χ2v) is 5.57. The van der Waals surface area contributed by atoms with E-state index in [9.17, 15) is 0 Å². The third-order valence-electron chi connectivity index (χ3n) is 4.73. The van der Waals surface area contributed by atoms with Gasteiger partial charge in [0, 0.05) is 32.2 Å². The summed E-state index contributed by atoms with van der Waals surface area (Å²) in [6.45, 7) is 7.69. The van der Waals surface area contributed by atoms with Gasteiger partial charge in [0.2, 0.25) is 0 Å². The predicted octanol–water partition coefficient (Wildman–Crippen LogP) is 1.50. The zero-order valence-electron chi connectivity index (χ0n) is 11.0. The summed E-state index contributed by atoms with van der Waals surface area (Å²) in [6, 6.07) is 0.902. The molecule has 0 aromatic carbocycles. The molecule has 0 amide bonds. The maximum absolute atomic E-state index is 3.57. The lowest BCUT2D eigenvalue weighted by atomic mass is 9.96. The standard InChI is InChI=1S/C12H23N3.3ClH/c1-14-4-6-15(7-5-14)12-3-2-10-8-13-9-11(10)12;;;/h10-13H,2-9H2,1H3;3*1H. The molecule has 3 rings (SSSR count). The van der Waals surface area contributed by atoms with Crippen molar-refractivity contribution in [2.45, 2.75) is 18.9 Å². The molecule has 0 aromatic rings. The lowest BCUT2D eigenvalue weighted by Crippen LogP contribution is -2.50. The monoisotopic (exact) mass is 317 g/mol. The fourth-order valence-electron chi connectivity index (χ4n) is 3.73. The van der Waals surface area contributed by atoms with E-state index in [1.807, 2.05) is 0 Å². The zero-order valence-corrected chi connectivity index (χ0v) is 13.5. The Morgan fingerprint density at radius 1 is 0.889 bits per heavy atom. The highest BCUT2D eigenvalue weighted by atomic mass is 35.5. The number of fused-ring (bicyclic) bond motifs is 1. The molecule has 3 aliphatic rings. The maximum Gasteiger partial charge on any atom is 0.0140 e. The molecule has 6 heteroatoms. The first-order valence-corrected chi connectivity index (χ1v) is 6.48. The maximum atomic E-state index is 3.57. The molecule has 1 aliphatic carbocycles. The van der Waals surface area contributed by atoms with Gasteiger partial charge in [-0.15, -0.1) is 37.2 Å². The van der Waals surface area contributed by atoms with Crippen LogP contribution in [0.15, 0.2) is 0 Å². The quantitative estimate of drug-likeness (QED) is 0.790. The molecule has 2 aliphatic heterocycles. The van der Waals surface area contributed by atoms with Crippen LogP contribution in [0.5, 0.6) is 0 Å². The highest BCUT2D eigenvalue weighted by Gasteiger charge is 2.41. The van der Waals surface area contributed by atoms with Crippen molar-refractivity contribution in [3.05, 3.63) is 0 Å². The smallest absolute Gasteiger partial charge is 0.0140 e. The molecule has 1 N–H and O–H groups in total. The Morgan fingerprint density at radius 3 is 2.22 bits per heavy atom. The number of likely N-dealkylation sites (N-methyl/N-ethyl adjacent to an activating group) is 1. The lowest BCUT2D eigenvalue weighted by Gasteiger charge is -2.38. The van der Waals surface area contributed by atoms with Crippen LogP contribution >= 0.6 is 37.2 Å². The van der Waals surface area contributed by atoms with Crippen LogP contribution in [-0.2, 0) is 0 Å². The topological polar surface area (TPSA) is 18.5 Å². The average molecular weight is 319 g/mol. The van der Waals surface area contributed by atoms with Gasteiger partial charge in [0.05, 0.1) is 0 Å². The van der Waals surface area contributed by atoms with Gasteiger partial charge in [0.25, 0.3) is 0 Å². The van der Waals surface area contributed by atoms with Crippen molar-refractivity contribution in [1.82, 2.24) is 15.1 Å². The van der Waals surface area contributed by atoms with Crippen molar-refractivity contribution in [3.8, 4) is 0 Å². The zero-order chi connectivity index (χ0) is 10.3. The van der Waals surface area contributed by atoms with Crippen molar-refractivity contribution in [3.63, 3.8) is 0 Å². The summed E-state index contributed by atoms with van der Waals surface area (Å²) in [4.78, 5) is 5.22. The summed E-state index contributed by atoms with van der Waals surface area (Å²) in [5.41, 5.74) is 0. The Labute approximate surface area is 129 Å². The van der Waals surface area contributed by atoms with E-state index in [0.717, 1.165) is 17.9 Å². The Bertz CT molecular complexity index is 235. The van der Waals surface area contributed by atoms with Crippen LogP contribution in [0.25, 0.3) is 0 Å². The number of hydrogen-bond donors (Lipinski definition) is 1. The Kier molecular flexibility index (Phi) is 8.47. The van der Waals surface area contributed by atoms with Crippen molar-refractivity contribution < 1.29 is 0 Å². The predicted molar refractivity (Wildman–Crippen MR) is 83.7 cm³/mol. The fraction of sp³-hybridized carbons (Fsp3) is 1.00. The summed E-state index contributed by atoms with van der Waals surface area (Å²) < 4.78 is 0. The van der Waals surface area contributed by atoms with E-state index >= 15 is 0 Å². The Morgan fingerprint density at radius 2 is 1.56 bits per heavy atom. The molecule has 2 saturated heterocycles. The van der Waals surface area contributed by atoms with Crippen LogP contribution in [0.4, 0.5) is 0 Å².